The highest BCUT2D eigenvalue weighted by Crippen LogP contribution is 2.31. The molecular weight excluding hydrogens is 440 g/mol. The van der Waals surface area contributed by atoms with E-state index in [0.29, 0.717) is 35.0 Å². The molecule has 31 heavy (non-hydrogen) atoms. The highest BCUT2D eigenvalue weighted by molar-refractivity contribution is 7.22. The molecule has 5 rings (SSSR count). The molecule has 0 radical (unpaired) electrons. The van der Waals surface area contributed by atoms with E-state index in [0.717, 1.165) is 28.4 Å². The number of rotatable bonds is 5. The number of carbonyl (C=O) groups is 1. The Labute approximate surface area is 186 Å². The van der Waals surface area contributed by atoms with E-state index < -0.39 is 5.76 Å². The fraction of sp³-hybridized carbons (Fsp3) is 0.286. The number of amides is 1. The number of ether oxygens (including phenoxy) is 1. The van der Waals surface area contributed by atoms with Gasteiger partial charge in [0.15, 0.2) is 10.7 Å². The fourth-order valence-electron chi connectivity index (χ4n) is 3.57. The van der Waals surface area contributed by atoms with Gasteiger partial charge in [-0.25, -0.2) is 9.78 Å². The van der Waals surface area contributed by atoms with Crippen LogP contribution in [-0.2, 0) is 16.1 Å². The van der Waals surface area contributed by atoms with Crippen LogP contribution in [0.1, 0.15) is 6.42 Å². The van der Waals surface area contributed by atoms with Crippen LogP contribution in [0.25, 0.3) is 21.3 Å². The number of aryl methyl sites for hydroxylation is 1. The van der Waals surface area contributed by atoms with Gasteiger partial charge >= 0.3 is 5.76 Å². The van der Waals surface area contributed by atoms with Gasteiger partial charge in [-0.2, -0.15) is 0 Å². The Kier molecular flexibility index (Phi) is 5.39. The van der Waals surface area contributed by atoms with E-state index in [9.17, 15) is 9.59 Å². The summed E-state index contributed by atoms with van der Waals surface area (Å²) in [5, 5.41) is 4.35. The summed E-state index contributed by atoms with van der Waals surface area (Å²) in [5.74, 6) is -0.695. The second kappa shape index (κ2) is 8.33. The predicted molar refractivity (Wildman–Crippen MR) is 121 cm³/mol. The van der Waals surface area contributed by atoms with E-state index in [2.05, 4.69) is 15.2 Å². The van der Waals surface area contributed by atoms with Crippen molar-refractivity contribution in [3.05, 3.63) is 52.0 Å². The lowest BCUT2D eigenvalue weighted by Gasteiger charge is -2.25. The van der Waals surface area contributed by atoms with Crippen molar-refractivity contribution in [2.75, 3.05) is 36.5 Å². The Bertz CT molecular complexity index is 1320. The summed E-state index contributed by atoms with van der Waals surface area (Å²) in [5.41, 5.74) is 2.62. The molecule has 0 saturated carbocycles. The number of hydrogen-bond donors (Lipinski definition) is 1. The van der Waals surface area contributed by atoms with Crippen molar-refractivity contribution >= 4 is 61.0 Å². The Balaban J connectivity index is 1.27. The predicted octanol–water partition coefficient (Wildman–Crippen LogP) is 3.72. The average Bonchev–Trinajstić information content (AvgIpc) is 3.32. The summed E-state index contributed by atoms with van der Waals surface area (Å²) in [6.45, 7) is 3.29. The third-order valence-corrected chi connectivity index (χ3v) is 6.45. The second-order valence-electron chi connectivity index (χ2n) is 7.21. The normalized spacial score (nSPS) is 14.4. The van der Waals surface area contributed by atoms with Crippen molar-refractivity contribution in [3.8, 4) is 0 Å². The van der Waals surface area contributed by atoms with Gasteiger partial charge in [0.05, 0.1) is 28.9 Å². The van der Waals surface area contributed by atoms with Crippen LogP contribution in [0, 0.1) is 0 Å². The molecule has 1 N–H and O–H groups in total. The number of hydrogen-bond acceptors (Lipinski definition) is 7. The topological polar surface area (TPSA) is 89.6 Å². The van der Waals surface area contributed by atoms with Gasteiger partial charge in [0.2, 0.25) is 5.91 Å². The highest BCUT2D eigenvalue weighted by atomic mass is 35.5. The van der Waals surface area contributed by atoms with E-state index in [-0.39, 0.29) is 18.9 Å². The summed E-state index contributed by atoms with van der Waals surface area (Å²) in [7, 11) is 0. The summed E-state index contributed by atoms with van der Waals surface area (Å²) in [6.07, 6.45) is 0.136. The SMILES string of the molecule is O=C(CCn1c(=O)oc2cc(Cl)ccc21)Nc1ccc2nc(N3CCOCC3)sc2c1. The van der Waals surface area contributed by atoms with Crippen LogP contribution < -0.4 is 16.0 Å². The van der Waals surface area contributed by atoms with Crippen LogP contribution in [0.15, 0.2) is 45.6 Å². The summed E-state index contributed by atoms with van der Waals surface area (Å²) in [6, 6.07) is 10.7. The number of carbonyl (C=O) groups excluding carboxylic acids is 1. The number of fused-ring (bicyclic) bond motifs is 2. The number of thiazole rings is 1. The lowest BCUT2D eigenvalue weighted by atomic mass is 10.3. The lowest BCUT2D eigenvalue weighted by Crippen LogP contribution is -2.36. The first-order valence-corrected chi connectivity index (χ1v) is 11.1. The third kappa shape index (κ3) is 4.16. The number of morpholine rings is 1. The maximum Gasteiger partial charge on any atom is 0.419 e. The zero-order valence-corrected chi connectivity index (χ0v) is 18.0. The van der Waals surface area contributed by atoms with Gasteiger partial charge in [0.1, 0.15) is 0 Å². The molecule has 0 spiro atoms. The van der Waals surface area contributed by atoms with Crippen LogP contribution in [-0.4, -0.2) is 41.8 Å². The van der Waals surface area contributed by atoms with Gasteiger partial charge in [0, 0.05) is 42.8 Å². The average molecular weight is 459 g/mol. The minimum atomic E-state index is -0.508. The van der Waals surface area contributed by atoms with Crippen molar-refractivity contribution in [2.45, 2.75) is 13.0 Å². The van der Waals surface area contributed by atoms with Crippen LogP contribution in [0.4, 0.5) is 10.8 Å². The van der Waals surface area contributed by atoms with Crippen LogP contribution in [0.2, 0.25) is 5.02 Å². The van der Waals surface area contributed by atoms with Gasteiger partial charge in [-0.1, -0.05) is 22.9 Å². The Morgan fingerprint density at radius 1 is 1.19 bits per heavy atom. The Morgan fingerprint density at radius 2 is 2.03 bits per heavy atom. The molecule has 160 valence electrons. The van der Waals surface area contributed by atoms with E-state index in [1.165, 1.54) is 4.57 Å². The monoisotopic (exact) mass is 458 g/mol. The third-order valence-electron chi connectivity index (χ3n) is 5.14. The fourth-order valence-corrected chi connectivity index (χ4v) is 4.79. The molecule has 1 saturated heterocycles. The van der Waals surface area contributed by atoms with Crippen LogP contribution in [0.3, 0.4) is 0 Å². The number of benzene rings is 2. The Hall–Kier alpha value is -2.88. The standard InChI is InChI=1S/C21H19ClN4O4S/c22-13-1-4-16-17(11-13)30-21(28)26(16)6-5-19(27)23-14-2-3-15-18(12-14)31-20(24-15)25-7-9-29-10-8-25/h1-4,11-12H,5-10H2,(H,23,27). The molecule has 0 atom stereocenters. The minimum absolute atomic E-state index is 0.136. The van der Waals surface area contributed by atoms with Crippen molar-refractivity contribution in [3.63, 3.8) is 0 Å². The number of halogens is 1. The molecule has 1 aliphatic rings. The molecule has 1 fully saturated rings. The van der Waals surface area contributed by atoms with Crippen molar-refractivity contribution in [1.82, 2.24) is 9.55 Å². The minimum Gasteiger partial charge on any atom is -0.408 e. The molecule has 2 aromatic heterocycles. The molecule has 0 unspecified atom stereocenters. The van der Waals surface area contributed by atoms with E-state index in [1.54, 1.807) is 29.5 Å². The quantitative estimate of drug-likeness (QED) is 0.490. The first kappa shape index (κ1) is 20.0. The van der Waals surface area contributed by atoms with Gasteiger partial charge in [-0.05, 0) is 30.3 Å². The van der Waals surface area contributed by atoms with E-state index in [1.807, 2.05) is 18.2 Å². The first-order valence-electron chi connectivity index (χ1n) is 9.89. The number of nitrogens with one attached hydrogen (secondary N) is 1. The number of aromatic nitrogens is 2. The maximum absolute atomic E-state index is 12.5. The first-order chi connectivity index (χ1) is 15.1. The largest absolute Gasteiger partial charge is 0.419 e. The van der Waals surface area contributed by atoms with Crippen LogP contribution in [0.5, 0.6) is 0 Å². The molecular formula is C21H19ClN4O4S. The highest BCUT2D eigenvalue weighted by Gasteiger charge is 2.16. The summed E-state index contributed by atoms with van der Waals surface area (Å²) in [4.78, 5) is 31.5. The molecule has 2 aromatic carbocycles. The van der Waals surface area contributed by atoms with Gasteiger partial charge in [-0.3, -0.25) is 9.36 Å². The number of nitrogens with zero attached hydrogens (tertiary/aromatic N) is 3. The second-order valence-corrected chi connectivity index (χ2v) is 8.65. The van der Waals surface area contributed by atoms with Crippen molar-refractivity contribution in [2.24, 2.45) is 0 Å². The molecule has 4 aromatic rings. The molecule has 10 heteroatoms. The molecule has 1 amide bonds. The number of oxazole rings is 1. The van der Waals surface area contributed by atoms with Crippen molar-refractivity contribution in [1.29, 1.82) is 0 Å². The molecule has 8 nitrogen and oxygen atoms in total. The van der Waals surface area contributed by atoms with E-state index in [4.69, 9.17) is 20.8 Å². The smallest absolute Gasteiger partial charge is 0.408 e. The molecule has 1 aliphatic heterocycles. The van der Waals surface area contributed by atoms with Crippen molar-refractivity contribution < 1.29 is 13.9 Å². The lowest BCUT2D eigenvalue weighted by molar-refractivity contribution is -0.116. The zero-order chi connectivity index (χ0) is 21.4. The summed E-state index contributed by atoms with van der Waals surface area (Å²) < 4.78 is 13.0. The number of anilines is 2. The maximum atomic E-state index is 12.5. The van der Waals surface area contributed by atoms with Crippen LogP contribution >= 0.6 is 22.9 Å². The Morgan fingerprint density at radius 3 is 2.87 bits per heavy atom. The summed E-state index contributed by atoms with van der Waals surface area (Å²) >= 11 is 7.54. The van der Waals surface area contributed by atoms with Gasteiger partial charge in [0.25, 0.3) is 0 Å². The molecule has 3 heterocycles. The van der Waals surface area contributed by atoms with Gasteiger partial charge in [-0.15, -0.1) is 0 Å². The molecule has 0 bridgehead atoms. The zero-order valence-electron chi connectivity index (χ0n) is 16.5. The van der Waals surface area contributed by atoms with E-state index >= 15 is 0 Å². The molecule has 0 aliphatic carbocycles. The van der Waals surface area contributed by atoms with Gasteiger partial charge < -0.3 is 19.4 Å².